The van der Waals surface area contributed by atoms with E-state index in [1.807, 2.05) is 31.2 Å². The van der Waals surface area contributed by atoms with Gasteiger partial charge in [0.15, 0.2) is 0 Å². The lowest BCUT2D eigenvalue weighted by Gasteiger charge is -2.06. The molecule has 2 aromatic carbocycles. The molecule has 5 heteroatoms. The molecule has 0 aliphatic rings. The van der Waals surface area contributed by atoms with Crippen LogP contribution in [0.5, 0.6) is 5.75 Å². The number of nitrogens with one attached hydrogen (secondary N) is 1. The molecule has 1 aromatic heterocycles. The number of nitrogens with zero attached hydrogens (tertiary/aromatic N) is 2. The number of phenolic OH excluding ortho intramolecular Hbond substituents is 1. The number of hydrogen-bond donors (Lipinski definition) is 2. The zero-order valence-electron chi connectivity index (χ0n) is 12.5. The van der Waals surface area contributed by atoms with Gasteiger partial charge >= 0.3 is 0 Å². The van der Waals surface area contributed by atoms with Crippen LogP contribution < -0.4 is 5.43 Å². The molecule has 0 bridgehead atoms. The number of phenols is 1. The lowest BCUT2D eigenvalue weighted by molar-refractivity contribution is 0.0956. The maximum Gasteiger partial charge on any atom is 0.272 e. The fraction of sp³-hybridized carbons (Fsp3) is 0.0556. The van der Waals surface area contributed by atoms with Gasteiger partial charge in [-0.05, 0) is 31.2 Å². The van der Waals surface area contributed by atoms with Crippen LogP contribution in [0.3, 0.4) is 0 Å². The molecule has 23 heavy (non-hydrogen) atoms. The Labute approximate surface area is 133 Å². The second-order valence-corrected chi connectivity index (χ2v) is 5.09. The summed E-state index contributed by atoms with van der Waals surface area (Å²) >= 11 is 0. The molecule has 114 valence electrons. The smallest absolute Gasteiger partial charge is 0.272 e. The van der Waals surface area contributed by atoms with Crippen molar-refractivity contribution in [1.82, 2.24) is 10.4 Å². The number of amides is 1. The molecule has 1 heterocycles. The van der Waals surface area contributed by atoms with Gasteiger partial charge in [0.2, 0.25) is 0 Å². The van der Waals surface area contributed by atoms with E-state index in [0.717, 1.165) is 16.6 Å². The first kappa shape index (κ1) is 14.7. The van der Waals surface area contributed by atoms with Crippen molar-refractivity contribution in [3.8, 4) is 5.75 Å². The van der Waals surface area contributed by atoms with Crippen LogP contribution in [0.4, 0.5) is 0 Å². The predicted molar refractivity (Wildman–Crippen MR) is 89.6 cm³/mol. The Hall–Kier alpha value is -3.21. The standard InChI is InChI=1S/C18H15N3O2/c1-12-10-15(14-7-3-4-8-16(14)20-12)18(23)21-19-11-13-6-2-5-9-17(13)22/h2-11,22H,1H3,(H,21,23)/b19-11+. The van der Waals surface area contributed by atoms with Crippen molar-refractivity contribution in [2.75, 3.05) is 0 Å². The van der Waals surface area contributed by atoms with Gasteiger partial charge in [0.05, 0.1) is 17.3 Å². The van der Waals surface area contributed by atoms with Gasteiger partial charge in [0.1, 0.15) is 5.75 Å². The topological polar surface area (TPSA) is 74.6 Å². The maximum absolute atomic E-state index is 12.4. The molecule has 5 nitrogen and oxygen atoms in total. The van der Waals surface area contributed by atoms with E-state index >= 15 is 0 Å². The second-order valence-electron chi connectivity index (χ2n) is 5.09. The molecule has 3 rings (SSSR count). The van der Waals surface area contributed by atoms with Crippen molar-refractivity contribution in [3.05, 3.63) is 71.4 Å². The highest BCUT2D eigenvalue weighted by Crippen LogP contribution is 2.18. The fourth-order valence-electron chi connectivity index (χ4n) is 2.31. The minimum absolute atomic E-state index is 0.107. The quantitative estimate of drug-likeness (QED) is 0.577. The number of carbonyl (C=O) groups excluding carboxylic acids is 1. The Bertz CT molecular complexity index is 904. The van der Waals surface area contributed by atoms with Crippen LogP contribution in [-0.4, -0.2) is 22.2 Å². The van der Waals surface area contributed by atoms with E-state index in [1.165, 1.54) is 6.21 Å². The summed E-state index contributed by atoms with van der Waals surface area (Å²) < 4.78 is 0. The zero-order valence-corrected chi connectivity index (χ0v) is 12.5. The van der Waals surface area contributed by atoms with Gasteiger partial charge in [-0.1, -0.05) is 30.3 Å². The van der Waals surface area contributed by atoms with Crippen molar-refractivity contribution in [1.29, 1.82) is 0 Å². The van der Waals surface area contributed by atoms with E-state index in [9.17, 15) is 9.90 Å². The minimum atomic E-state index is -0.321. The van der Waals surface area contributed by atoms with Gasteiger partial charge in [-0.3, -0.25) is 9.78 Å². The van der Waals surface area contributed by atoms with E-state index in [2.05, 4.69) is 15.5 Å². The van der Waals surface area contributed by atoms with Crippen LogP contribution in [0.15, 0.2) is 59.7 Å². The van der Waals surface area contributed by atoms with E-state index in [4.69, 9.17) is 0 Å². The summed E-state index contributed by atoms with van der Waals surface area (Å²) in [5.41, 5.74) is 5.06. The molecule has 1 amide bonds. The van der Waals surface area contributed by atoms with Gasteiger partial charge in [0.25, 0.3) is 5.91 Å². The number of pyridine rings is 1. The lowest BCUT2D eigenvalue weighted by atomic mass is 10.1. The van der Waals surface area contributed by atoms with Gasteiger partial charge in [-0.25, -0.2) is 5.43 Å². The average Bonchev–Trinajstić information content (AvgIpc) is 2.55. The van der Waals surface area contributed by atoms with Gasteiger partial charge in [-0.15, -0.1) is 0 Å². The van der Waals surface area contributed by atoms with Gasteiger partial charge in [0, 0.05) is 16.6 Å². The summed E-state index contributed by atoms with van der Waals surface area (Å²) in [6.45, 7) is 1.84. The number of aromatic hydroxyl groups is 1. The number of aromatic nitrogens is 1. The first-order valence-corrected chi connectivity index (χ1v) is 7.13. The molecule has 0 aliphatic heterocycles. The Morgan fingerprint density at radius 2 is 1.91 bits per heavy atom. The highest BCUT2D eigenvalue weighted by Gasteiger charge is 2.11. The second kappa shape index (κ2) is 6.27. The molecular formula is C18H15N3O2. The summed E-state index contributed by atoms with van der Waals surface area (Å²) in [6.07, 6.45) is 1.41. The van der Waals surface area contributed by atoms with Crippen molar-refractivity contribution >= 4 is 23.0 Å². The van der Waals surface area contributed by atoms with Crippen LogP contribution in [0.1, 0.15) is 21.6 Å². The highest BCUT2D eigenvalue weighted by atomic mass is 16.3. The zero-order chi connectivity index (χ0) is 16.2. The molecule has 0 saturated carbocycles. The summed E-state index contributed by atoms with van der Waals surface area (Å²) in [5, 5.41) is 14.3. The Morgan fingerprint density at radius 1 is 1.17 bits per heavy atom. The van der Waals surface area contributed by atoms with Crippen LogP contribution in [0.2, 0.25) is 0 Å². The third-order valence-electron chi connectivity index (χ3n) is 3.40. The number of rotatable bonds is 3. The third-order valence-corrected chi connectivity index (χ3v) is 3.40. The number of para-hydroxylation sites is 2. The van der Waals surface area contributed by atoms with E-state index in [0.29, 0.717) is 11.1 Å². The SMILES string of the molecule is Cc1cc(C(=O)N/N=C/c2ccccc2O)c2ccccc2n1. The van der Waals surface area contributed by atoms with Crippen molar-refractivity contribution in [2.45, 2.75) is 6.92 Å². The maximum atomic E-state index is 12.4. The Morgan fingerprint density at radius 3 is 2.74 bits per heavy atom. The van der Waals surface area contributed by atoms with Crippen molar-refractivity contribution in [2.24, 2.45) is 5.10 Å². The number of hydrogen-bond acceptors (Lipinski definition) is 4. The summed E-state index contributed by atoms with van der Waals surface area (Å²) in [7, 11) is 0. The fourth-order valence-corrected chi connectivity index (χ4v) is 2.31. The molecule has 0 unspecified atom stereocenters. The molecule has 0 fully saturated rings. The van der Waals surface area contributed by atoms with Crippen LogP contribution in [0, 0.1) is 6.92 Å². The summed E-state index contributed by atoms with van der Waals surface area (Å²) in [4.78, 5) is 16.8. The monoisotopic (exact) mass is 305 g/mol. The molecule has 0 radical (unpaired) electrons. The predicted octanol–water partition coefficient (Wildman–Crippen LogP) is 3.01. The highest BCUT2D eigenvalue weighted by molar-refractivity contribution is 6.06. The summed E-state index contributed by atoms with van der Waals surface area (Å²) in [6, 6.07) is 16.0. The number of benzene rings is 2. The molecule has 0 saturated heterocycles. The summed E-state index contributed by atoms with van der Waals surface area (Å²) in [5.74, 6) is -0.214. The first-order chi connectivity index (χ1) is 11.1. The lowest BCUT2D eigenvalue weighted by Crippen LogP contribution is -2.18. The van der Waals surface area contributed by atoms with Crippen LogP contribution in [-0.2, 0) is 0 Å². The molecule has 0 aliphatic carbocycles. The first-order valence-electron chi connectivity index (χ1n) is 7.13. The van der Waals surface area contributed by atoms with Crippen molar-refractivity contribution < 1.29 is 9.90 Å². The number of fused-ring (bicyclic) bond motifs is 1. The van der Waals surface area contributed by atoms with Gasteiger partial charge in [-0.2, -0.15) is 5.10 Å². The number of hydrazone groups is 1. The van der Waals surface area contributed by atoms with Crippen LogP contribution >= 0.6 is 0 Å². The van der Waals surface area contributed by atoms with E-state index in [1.54, 1.807) is 30.3 Å². The van der Waals surface area contributed by atoms with Crippen LogP contribution in [0.25, 0.3) is 10.9 Å². The Kier molecular flexibility index (Phi) is 4.01. The average molecular weight is 305 g/mol. The van der Waals surface area contributed by atoms with Gasteiger partial charge < -0.3 is 5.11 Å². The molecule has 0 spiro atoms. The largest absolute Gasteiger partial charge is 0.507 e. The molecule has 2 N–H and O–H groups in total. The van der Waals surface area contributed by atoms with E-state index in [-0.39, 0.29) is 11.7 Å². The minimum Gasteiger partial charge on any atom is -0.507 e. The molecular weight excluding hydrogens is 290 g/mol. The molecule has 0 atom stereocenters. The molecule has 3 aromatic rings. The number of aryl methyl sites for hydroxylation is 1. The number of carbonyl (C=O) groups is 1. The Balaban J connectivity index is 1.86. The third kappa shape index (κ3) is 3.18. The van der Waals surface area contributed by atoms with E-state index < -0.39 is 0 Å². The normalized spacial score (nSPS) is 11.0. The van der Waals surface area contributed by atoms with Crippen molar-refractivity contribution in [3.63, 3.8) is 0 Å².